The van der Waals surface area contributed by atoms with Crippen molar-refractivity contribution in [1.29, 1.82) is 0 Å². The number of aromatic nitrogens is 2. The zero-order valence-electron chi connectivity index (χ0n) is 24.0. The second-order valence-corrected chi connectivity index (χ2v) is 11.3. The van der Waals surface area contributed by atoms with Gasteiger partial charge in [0.15, 0.2) is 0 Å². The van der Waals surface area contributed by atoms with Crippen LogP contribution in [0.4, 0.5) is 15.9 Å². The number of rotatable bonds is 7. The Morgan fingerprint density at radius 2 is 1.95 bits per heavy atom. The summed E-state index contributed by atoms with van der Waals surface area (Å²) >= 11 is 0. The topological polar surface area (TPSA) is 69.4 Å². The van der Waals surface area contributed by atoms with E-state index in [-0.39, 0.29) is 30.5 Å². The lowest BCUT2D eigenvalue weighted by Crippen LogP contribution is -2.56. The van der Waals surface area contributed by atoms with Crippen molar-refractivity contribution in [1.82, 2.24) is 19.8 Å². The number of fused-ring (bicyclic) bond motifs is 2. The zero-order chi connectivity index (χ0) is 29.2. The largest absolute Gasteiger partial charge is 0.462 e. The van der Waals surface area contributed by atoms with Crippen LogP contribution in [0.3, 0.4) is 0 Å². The first-order valence-electron chi connectivity index (χ1n) is 14.6. The maximum Gasteiger partial charge on any atom is 0.318 e. The molecule has 2 aromatic carbocycles. The SMILES string of the molecule is [C-]#[N+]C[C@H]1CN(c2nc(OC[C@@H]3C[C@@H](F)CN3C)nc3c2CCN(c2cccc4ccccc24)C3)CCN1C(=O)C=C. The van der Waals surface area contributed by atoms with Crippen LogP contribution in [-0.4, -0.2) is 96.9 Å². The van der Waals surface area contributed by atoms with Gasteiger partial charge in [-0.15, -0.1) is 0 Å². The van der Waals surface area contributed by atoms with Gasteiger partial charge in [0.05, 0.1) is 12.2 Å². The minimum atomic E-state index is -0.855. The molecule has 6 rings (SSSR count). The van der Waals surface area contributed by atoms with Crippen LogP contribution in [0.15, 0.2) is 55.1 Å². The predicted molar refractivity (Wildman–Crippen MR) is 162 cm³/mol. The number of alkyl halides is 1. The average molecular weight is 570 g/mol. The fraction of sp³-hybridized carbons (Fsp3) is 0.438. The summed E-state index contributed by atoms with van der Waals surface area (Å²) in [6.07, 6.45) is 1.64. The van der Waals surface area contributed by atoms with Gasteiger partial charge in [0.1, 0.15) is 24.6 Å². The van der Waals surface area contributed by atoms with Crippen molar-refractivity contribution >= 4 is 28.2 Å². The van der Waals surface area contributed by atoms with Crippen molar-refractivity contribution in [3.05, 3.63) is 77.8 Å². The van der Waals surface area contributed by atoms with Gasteiger partial charge in [-0.05, 0) is 37.4 Å². The van der Waals surface area contributed by atoms with Gasteiger partial charge in [-0.25, -0.2) is 11.0 Å². The lowest BCUT2D eigenvalue weighted by atomic mass is 10.0. The van der Waals surface area contributed by atoms with E-state index in [1.165, 1.54) is 16.8 Å². The van der Waals surface area contributed by atoms with Gasteiger partial charge in [0, 0.05) is 55.4 Å². The minimum absolute atomic E-state index is 0.0354. The van der Waals surface area contributed by atoms with E-state index in [1.807, 2.05) is 11.9 Å². The van der Waals surface area contributed by atoms with Gasteiger partial charge >= 0.3 is 6.01 Å². The molecule has 0 radical (unpaired) electrons. The highest BCUT2D eigenvalue weighted by molar-refractivity contribution is 5.94. The van der Waals surface area contributed by atoms with E-state index in [0.29, 0.717) is 45.8 Å². The van der Waals surface area contributed by atoms with Crippen LogP contribution >= 0.6 is 0 Å². The van der Waals surface area contributed by atoms with Crippen molar-refractivity contribution in [2.45, 2.75) is 37.6 Å². The normalized spacial score (nSPS) is 22.6. The van der Waals surface area contributed by atoms with Crippen LogP contribution in [0.5, 0.6) is 6.01 Å². The molecule has 2 saturated heterocycles. The van der Waals surface area contributed by atoms with Gasteiger partial charge < -0.3 is 24.3 Å². The molecule has 1 aromatic heterocycles. The van der Waals surface area contributed by atoms with E-state index < -0.39 is 6.17 Å². The maximum atomic E-state index is 14.0. The zero-order valence-corrected chi connectivity index (χ0v) is 24.0. The van der Waals surface area contributed by atoms with Crippen LogP contribution < -0.4 is 14.5 Å². The Kier molecular flexibility index (Phi) is 7.94. The molecule has 218 valence electrons. The van der Waals surface area contributed by atoms with Crippen LogP contribution in [0, 0.1) is 6.57 Å². The number of benzene rings is 2. The van der Waals surface area contributed by atoms with Gasteiger partial charge in [0.25, 0.3) is 0 Å². The summed E-state index contributed by atoms with van der Waals surface area (Å²) < 4.78 is 20.2. The highest BCUT2D eigenvalue weighted by atomic mass is 19.1. The summed E-state index contributed by atoms with van der Waals surface area (Å²) in [6, 6.07) is 14.7. The summed E-state index contributed by atoms with van der Waals surface area (Å²) in [4.78, 5) is 34.2. The molecule has 42 heavy (non-hydrogen) atoms. The molecule has 3 aliphatic rings. The first-order chi connectivity index (χ1) is 20.4. The molecule has 3 atom stereocenters. The van der Waals surface area contributed by atoms with Crippen LogP contribution in [0.1, 0.15) is 17.7 Å². The molecule has 2 fully saturated rings. The number of likely N-dealkylation sites (tertiary alicyclic amines) is 1. The van der Waals surface area contributed by atoms with Crippen molar-refractivity contribution in [3.8, 4) is 6.01 Å². The minimum Gasteiger partial charge on any atom is -0.462 e. The standard InChI is InChI=1S/C32H36FN7O2/c1-4-30(41)40-15-14-39(19-25(40)17-34-2)31-27-12-13-38(29-11-7-9-22-8-5-6-10-26(22)29)20-28(27)35-32(36-31)42-21-24-16-23(33)18-37(24)3/h4-11,23-25H,1,12-21H2,3H3/t23-,24+,25+/m1/s1. The Labute approximate surface area is 246 Å². The number of carbonyl (C=O) groups is 1. The van der Waals surface area contributed by atoms with E-state index >= 15 is 0 Å². The van der Waals surface area contributed by atoms with E-state index in [9.17, 15) is 9.18 Å². The third kappa shape index (κ3) is 5.49. The third-order valence-corrected chi connectivity index (χ3v) is 8.71. The maximum absolute atomic E-state index is 14.0. The lowest BCUT2D eigenvalue weighted by Gasteiger charge is -2.41. The second-order valence-electron chi connectivity index (χ2n) is 11.3. The van der Waals surface area contributed by atoms with Crippen LogP contribution in [0.25, 0.3) is 15.6 Å². The summed E-state index contributed by atoms with van der Waals surface area (Å²) in [5, 5.41) is 2.39. The highest BCUT2D eigenvalue weighted by Crippen LogP contribution is 2.35. The quantitative estimate of drug-likeness (QED) is 0.317. The first kappa shape index (κ1) is 27.9. The Hall–Kier alpha value is -4.23. The number of hydrogen-bond acceptors (Lipinski definition) is 7. The van der Waals surface area contributed by atoms with Crippen LogP contribution in [0.2, 0.25) is 0 Å². The van der Waals surface area contributed by atoms with E-state index in [2.05, 4.69) is 63.7 Å². The summed E-state index contributed by atoms with van der Waals surface area (Å²) in [5.74, 6) is 0.644. The molecule has 0 bridgehead atoms. The molecule has 9 nitrogen and oxygen atoms in total. The molecule has 3 aromatic rings. The van der Waals surface area contributed by atoms with Gasteiger partial charge in [-0.3, -0.25) is 9.69 Å². The third-order valence-electron chi connectivity index (χ3n) is 8.71. The summed E-state index contributed by atoms with van der Waals surface area (Å²) in [7, 11) is 1.91. The molecule has 3 aliphatic heterocycles. The number of carbonyl (C=O) groups excluding carboxylic acids is 1. The number of hydrogen-bond donors (Lipinski definition) is 0. The molecule has 0 N–H and O–H groups in total. The smallest absolute Gasteiger partial charge is 0.318 e. The van der Waals surface area contributed by atoms with Crippen molar-refractivity contribution < 1.29 is 13.9 Å². The second kappa shape index (κ2) is 11.9. The number of nitrogens with zero attached hydrogens (tertiary/aromatic N) is 7. The molecule has 0 unspecified atom stereocenters. The number of ether oxygens (including phenoxy) is 1. The average Bonchev–Trinajstić information content (AvgIpc) is 3.34. The Balaban J connectivity index is 1.32. The highest BCUT2D eigenvalue weighted by Gasteiger charge is 2.35. The number of likely N-dealkylation sites (N-methyl/N-ethyl adjacent to an activating group) is 1. The van der Waals surface area contributed by atoms with Crippen molar-refractivity contribution in [3.63, 3.8) is 0 Å². The van der Waals surface area contributed by atoms with E-state index in [0.717, 1.165) is 35.7 Å². The Morgan fingerprint density at radius 3 is 2.74 bits per heavy atom. The molecule has 0 spiro atoms. The molecule has 10 heteroatoms. The molecule has 4 heterocycles. The number of halogens is 1. The monoisotopic (exact) mass is 569 g/mol. The van der Waals surface area contributed by atoms with Gasteiger partial charge in [-0.1, -0.05) is 43.0 Å². The fourth-order valence-corrected chi connectivity index (χ4v) is 6.50. The fourth-order valence-electron chi connectivity index (χ4n) is 6.50. The summed E-state index contributed by atoms with van der Waals surface area (Å²) in [6.45, 7) is 15.0. The van der Waals surface area contributed by atoms with E-state index in [4.69, 9.17) is 21.3 Å². The first-order valence-corrected chi connectivity index (χ1v) is 14.6. The predicted octanol–water partition coefficient (Wildman–Crippen LogP) is 3.74. The Morgan fingerprint density at radius 1 is 1.12 bits per heavy atom. The molecular formula is C32H36FN7O2. The number of amides is 1. The Bertz CT molecular complexity index is 1520. The van der Waals surface area contributed by atoms with Gasteiger partial charge in [-0.2, -0.15) is 9.97 Å². The summed E-state index contributed by atoms with van der Waals surface area (Å²) in [5.41, 5.74) is 3.14. The molecule has 1 amide bonds. The molecule has 0 saturated carbocycles. The molecular weight excluding hydrogens is 533 g/mol. The van der Waals surface area contributed by atoms with Crippen molar-refractivity contribution in [2.75, 3.05) is 62.7 Å². The van der Waals surface area contributed by atoms with Crippen LogP contribution in [-0.2, 0) is 17.8 Å². The number of anilines is 2. The van der Waals surface area contributed by atoms with E-state index in [1.54, 1.807) is 4.90 Å². The lowest BCUT2D eigenvalue weighted by molar-refractivity contribution is -0.128. The van der Waals surface area contributed by atoms with Crippen molar-refractivity contribution in [2.24, 2.45) is 0 Å². The molecule has 0 aliphatic carbocycles. The number of piperazine rings is 1. The van der Waals surface area contributed by atoms with Gasteiger partial charge in [0.2, 0.25) is 12.5 Å².